The molecule has 0 aliphatic carbocycles. The van der Waals surface area contributed by atoms with Crippen molar-refractivity contribution < 1.29 is 28.6 Å². The number of thioether (sulfide) groups is 1. The lowest BCUT2D eigenvalue weighted by molar-refractivity contribution is -0.268. The SMILES string of the molecule is CC(=O)NCCCCCC(=O)Nc1cccc([C@H]2O[C@@H](CSc3nc(-c4ccccc4)c(-c4ccccc4)o3)[C@@H](C)[C@@H](c3ccc(CO)cc3)O2)c1. The summed E-state index contributed by atoms with van der Waals surface area (Å²) in [5, 5.41) is 16.0. The Morgan fingerprint density at radius 3 is 2.27 bits per heavy atom. The molecular weight excluding hydrogens is 675 g/mol. The van der Waals surface area contributed by atoms with Gasteiger partial charge in [0.1, 0.15) is 5.69 Å². The van der Waals surface area contributed by atoms with E-state index in [1.165, 1.54) is 18.7 Å². The predicted molar refractivity (Wildman–Crippen MR) is 203 cm³/mol. The number of hydrogen-bond acceptors (Lipinski definition) is 8. The molecule has 0 unspecified atom stereocenters. The summed E-state index contributed by atoms with van der Waals surface area (Å²) in [6.07, 6.45) is 1.58. The van der Waals surface area contributed by atoms with Crippen LogP contribution in [0.5, 0.6) is 0 Å². The number of oxazole rings is 1. The van der Waals surface area contributed by atoms with E-state index < -0.39 is 6.29 Å². The molecule has 0 spiro atoms. The molecule has 1 aliphatic heterocycles. The van der Waals surface area contributed by atoms with Crippen molar-refractivity contribution >= 4 is 29.3 Å². The van der Waals surface area contributed by atoms with E-state index in [4.69, 9.17) is 18.9 Å². The molecule has 1 aliphatic rings. The number of rotatable bonds is 15. The molecule has 5 aromatic rings. The molecule has 9 nitrogen and oxygen atoms in total. The molecule has 0 radical (unpaired) electrons. The van der Waals surface area contributed by atoms with Crippen LogP contribution in [0.25, 0.3) is 22.6 Å². The number of carbonyl (C=O) groups is 2. The molecule has 0 saturated carbocycles. The molecule has 270 valence electrons. The number of carbonyl (C=O) groups excluding carboxylic acids is 2. The van der Waals surface area contributed by atoms with Crippen molar-refractivity contribution in [2.24, 2.45) is 5.92 Å². The normalized spacial score (nSPS) is 18.5. The maximum atomic E-state index is 12.8. The number of hydrogen-bond donors (Lipinski definition) is 3. The van der Waals surface area contributed by atoms with Gasteiger partial charge in [-0.15, -0.1) is 0 Å². The summed E-state index contributed by atoms with van der Waals surface area (Å²) in [6.45, 7) is 4.21. The first-order valence-electron chi connectivity index (χ1n) is 17.8. The monoisotopic (exact) mass is 719 g/mol. The van der Waals surface area contributed by atoms with Crippen LogP contribution in [0.1, 0.15) is 68.6 Å². The molecule has 1 fully saturated rings. The second-order valence-electron chi connectivity index (χ2n) is 13.0. The molecule has 3 N–H and O–H groups in total. The van der Waals surface area contributed by atoms with Gasteiger partial charge in [-0.2, -0.15) is 0 Å². The molecule has 4 aromatic carbocycles. The Morgan fingerprint density at radius 1 is 0.827 bits per heavy atom. The van der Waals surface area contributed by atoms with Crippen LogP contribution < -0.4 is 10.6 Å². The number of aliphatic hydroxyl groups is 1. The zero-order valence-corrected chi connectivity index (χ0v) is 30.3. The van der Waals surface area contributed by atoms with Gasteiger partial charge in [0, 0.05) is 53.9 Å². The minimum Gasteiger partial charge on any atom is -0.431 e. The first kappa shape index (κ1) is 37.0. The number of aliphatic hydroxyl groups excluding tert-OH is 1. The Morgan fingerprint density at radius 2 is 1.56 bits per heavy atom. The number of nitrogens with zero attached hydrogens (tertiary/aromatic N) is 1. The maximum absolute atomic E-state index is 12.8. The molecular formula is C42H45N3O6S. The second-order valence-corrected chi connectivity index (χ2v) is 14.0. The standard InChI is InChI=1S/C42H45N3O6S/c1-28-36(27-52-42-45-38(31-13-6-3-7-14-31)40(51-42)32-15-8-4-9-16-32)49-41(50-39(28)33-22-20-30(26-46)21-23-33)34-17-12-18-35(25-34)44-37(48)19-10-5-11-24-43-29(2)47/h3-4,6-9,12-18,20-23,25,28,36,39,41,46H,5,10-11,19,24,26-27H2,1-2H3,(H,43,47)(H,44,48)/t28-,36+,39+,41+/m1/s1. The van der Waals surface area contributed by atoms with E-state index in [0.717, 1.165) is 58.5 Å². The van der Waals surface area contributed by atoms with Gasteiger partial charge in [-0.25, -0.2) is 4.98 Å². The zero-order chi connectivity index (χ0) is 36.3. The lowest BCUT2D eigenvalue weighted by Gasteiger charge is -2.41. The fraction of sp³-hybridized carbons (Fsp3) is 0.310. The maximum Gasteiger partial charge on any atom is 0.256 e. The highest BCUT2D eigenvalue weighted by Crippen LogP contribution is 2.44. The fourth-order valence-corrected chi connectivity index (χ4v) is 7.23. The van der Waals surface area contributed by atoms with E-state index in [9.17, 15) is 14.7 Å². The van der Waals surface area contributed by atoms with Crippen LogP contribution in [0.15, 0.2) is 119 Å². The summed E-state index contributed by atoms with van der Waals surface area (Å²) in [5.74, 6) is 1.14. The van der Waals surface area contributed by atoms with Crippen molar-refractivity contribution in [3.05, 3.63) is 126 Å². The van der Waals surface area contributed by atoms with Crippen LogP contribution >= 0.6 is 11.8 Å². The Balaban J connectivity index is 1.19. The number of unbranched alkanes of at least 4 members (excludes halogenated alkanes) is 2. The number of aromatic nitrogens is 1. The number of anilines is 1. The van der Waals surface area contributed by atoms with E-state index in [1.807, 2.05) is 109 Å². The van der Waals surface area contributed by atoms with Crippen LogP contribution in [0, 0.1) is 5.92 Å². The Kier molecular flexibility index (Phi) is 12.9. The fourth-order valence-electron chi connectivity index (χ4n) is 6.24. The molecule has 0 bridgehead atoms. The van der Waals surface area contributed by atoms with E-state index in [2.05, 4.69) is 17.6 Å². The van der Waals surface area contributed by atoms with Crippen LogP contribution in [-0.4, -0.2) is 40.3 Å². The molecule has 6 rings (SSSR count). The lowest BCUT2D eigenvalue weighted by atomic mass is 9.91. The summed E-state index contributed by atoms with van der Waals surface area (Å²) >= 11 is 1.51. The topological polar surface area (TPSA) is 123 Å². The van der Waals surface area contributed by atoms with Crippen molar-refractivity contribution in [1.82, 2.24) is 10.3 Å². The van der Waals surface area contributed by atoms with Gasteiger partial charge in [0.05, 0.1) is 18.8 Å². The summed E-state index contributed by atoms with van der Waals surface area (Å²) in [5.41, 5.74) is 6.01. The van der Waals surface area contributed by atoms with Gasteiger partial charge in [-0.1, -0.05) is 122 Å². The van der Waals surface area contributed by atoms with E-state index in [1.54, 1.807) is 0 Å². The minimum atomic E-state index is -0.695. The summed E-state index contributed by atoms with van der Waals surface area (Å²) in [6, 6.07) is 35.5. The third-order valence-corrected chi connectivity index (χ3v) is 10.00. The van der Waals surface area contributed by atoms with Crippen LogP contribution in [-0.2, 0) is 25.7 Å². The Labute approximate surface area is 309 Å². The van der Waals surface area contributed by atoms with Crippen molar-refractivity contribution in [3.63, 3.8) is 0 Å². The van der Waals surface area contributed by atoms with Gasteiger partial charge in [-0.3, -0.25) is 9.59 Å². The highest BCUT2D eigenvalue weighted by atomic mass is 32.2. The van der Waals surface area contributed by atoms with Gasteiger partial charge >= 0.3 is 0 Å². The molecule has 4 atom stereocenters. The summed E-state index contributed by atoms with van der Waals surface area (Å²) in [7, 11) is 0. The van der Waals surface area contributed by atoms with Crippen molar-refractivity contribution in [2.45, 2.75) is 69.9 Å². The molecule has 1 aromatic heterocycles. The predicted octanol–water partition coefficient (Wildman–Crippen LogP) is 8.72. The lowest BCUT2D eigenvalue weighted by Crippen LogP contribution is -2.38. The summed E-state index contributed by atoms with van der Waals surface area (Å²) < 4.78 is 19.8. The minimum absolute atomic E-state index is 0.0330. The van der Waals surface area contributed by atoms with Gasteiger partial charge in [0.2, 0.25) is 11.8 Å². The highest BCUT2D eigenvalue weighted by molar-refractivity contribution is 7.99. The van der Waals surface area contributed by atoms with E-state index in [0.29, 0.717) is 29.6 Å². The van der Waals surface area contributed by atoms with E-state index in [-0.39, 0.29) is 36.5 Å². The number of ether oxygens (including phenoxy) is 2. The van der Waals surface area contributed by atoms with Gasteiger partial charge in [0.25, 0.3) is 5.22 Å². The average molecular weight is 720 g/mol. The number of benzene rings is 4. The second kappa shape index (κ2) is 18.1. The molecule has 2 heterocycles. The Hall–Kier alpha value is -4.74. The summed E-state index contributed by atoms with van der Waals surface area (Å²) in [4.78, 5) is 28.8. The molecule has 1 saturated heterocycles. The highest BCUT2D eigenvalue weighted by Gasteiger charge is 2.39. The third kappa shape index (κ3) is 9.77. The van der Waals surface area contributed by atoms with Crippen LogP contribution in [0.4, 0.5) is 5.69 Å². The van der Waals surface area contributed by atoms with Crippen molar-refractivity contribution in [1.29, 1.82) is 0 Å². The van der Waals surface area contributed by atoms with Gasteiger partial charge in [-0.05, 0) is 36.1 Å². The van der Waals surface area contributed by atoms with E-state index >= 15 is 0 Å². The first-order chi connectivity index (χ1) is 25.4. The average Bonchev–Trinajstić information content (AvgIpc) is 3.61. The van der Waals surface area contributed by atoms with Gasteiger partial charge in [0.15, 0.2) is 12.1 Å². The Bertz CT molecular complexity index is 1840. The van der Waals surface area contributed by atoms with Gasteiger partial charge < -0.3 is 29.6 Å². The number of nitrogens with one attached hydrogen (secondary N) is 2. The third-order valence-electron chi connectivity index (χ3n) is 9.08. The zero-order valence-electron chi connectivity index (χ0n) is 29.5. The van der Waals surface area contributed by atoms with Crippen molar-refractivity contribution in [3.8, 4) is 22.6 Å². The van der Waals surface area contributed by atoms with Crippen molar-refractivity contribution in [2.75, 3.05) is 17.6 Å². The quantitative estimate of drug-likeness (QED) is 0.0726. The first-order valence-corrected chi connectivity index (χ1v) is 18.8. The largest absolute Gasteiger partial charge is 0.431 e. The smallest absolute Gasteiger partial charge is 0.256 e. The molecule has 10 heteroatoms. The van der Waals surface area contributed by atoms with Crippen LogP contribution in [0.2, 0.25) is 0 Å². The van der Waals surface area contributed by atoms with Crippen LogP contribution in [0.3, 0.4) is 0 Å². The molecule has 52 heavy (non-hydrogen) atoms. The number of amides is 2. The molecule has 2 amide bonds.